The number of benzene rings is 1. The van der Waals surface area contributed by atoms with Gasteiger partial charge in [-0.1, -0.05) is 25.1 Å². The Kier molecular flexibility index (Phi) is 3.49. The number of rotatable bonds is 4. The van der Waals surface area contributed by atoms with Crippen LogP contribution in [0.1, 0.15) is 13.3 Å². The average Bonchev–Trinajstić information content (AvgIpc) is 2.14. The Hall–Kier alpha value is -1.07. The highest BCUT2D eigenvalue weighted by molar-refractivity contribution is 7.86. The lowest BCUT2D eigenvalue weighted by atomic mass is 10.3. The molecule has 0 aliphatic carbocycles. The molecule has 0 bridgehead atoms. The maximum absolute atomic E-state index is 10.8. The predicted octanol–water partition coefficient (Wildman–Crippen LogP) is 1.49. The zero-order valence-corrected chi connectivity index (χ0v) is 8.49. The molecule has 0 aliphatic heterocycles. The SMILES string of the molecule is CCC(Oc1[c]cccc1)S(=O)(=O)O. The molecule has 0 aliphatic rings. The molecule has 4 nitrogen and oxygen atoms in total. The standard InChI is InChI=1S/C9H11O4S/c1-2-9(14(10,11)12)13-8-6-4-3-5-7-8/h3-6,9H,2H2,1H3,(H,10,11,12). The van der Waals surface area contributed by atoms with Gasteiger partial charge >= 0.3 is 10.1 Å². The van der Waals surface area contributed by atoms with E-state index in [2.05, 4.69) is 6.07 Å². The quantitative estimate of drug-likeness (QED) is 0.773. The molecule has 77 valence electrons. The van der Waals surface area contributed by atoms with Crippen LogP contribution in [0.15, 0.2) is 24.3 Å². The van der Waals surface area contributed by atoms with Crippen molar-refractivity contribution in [2.24, 2.45) is 0 Å². The molecule has 1 radical (unpaired) electrons. The van der Waals surface area contributed by atoms with Crippen LogP contribution in [0, 0.1) is 6.07 Å². The van der Waals surface area contributed by atoms with E-state index >= 15 is 0 Å². The first-order chi connectivity index (χ1) is 6.54. The van der Waals surface area contributed by atoms with Gasteiger partial charge in [-0.05, 0) is 12.5 Å². The summed E-state index contributed by atoms with van der Waals surface area (Å²) in [6.45, 7) is 1.61. The summed E-state index contributed by atoms with van der Waals surface area (Å²) >= 11 is 0. The van der Waals surface area contributed by atoms with Gasteiger partial charge in [0.2, 0.25) is 5.44 Å². The lowest BCUT2D eigenvalue weighted by Gasteiger charge is -2.13. The largest absolute Gasteiger partial charge is 0.471 e. The molecule has 14 heavy (non-hydrogen) atoms. The first-order valence-corrected chi connectivity index (χ1v) is 5.64. The van der Waals surface area contributed by atoms with Gasteiger partial charge in [-0.3, -0.25) is 4.55 Å². The van der Waals surface area contributed by atoms with Crippen LogP contribution >= 0.6 is 0 Å². The molecule has 0 saturated carbocycles. The number of para-hydroxylation sites is 1. The Bertz CT molecular complexity index is 371. The Morgan fingerprint density at radius 1 is 1.57 bits per heavy atom. The Morgan fingerprint density at radius 3 is 2.71 bits per heavy atom. The number of hydrogen-bond donors (Lipinski definition) is 1. The van der Waals surface area contributed by atoms with Crippen molar-refractivity contribution in [3.63, 3.8) is 0 Å². The Labute approximate surface area is 83.3 Å². The molecular formula is C9H11O4S. The Morgan fingerprint density at radius 2 is 2.29 bits per heavy atom. The van der Waals surface area contributed by atoms with Crippen molar-refractivity contribution in [1.82, 2.24) is 0 Å². The molecule has 1 N–H and O–H groups in total. The minimum absolute atomic E-state index is 0.182. The van der Waals surface area contributed by atoms with Gasteiger partial charge in [0.25, 0.3) is 0 Å². The molecule has 1 atom stereocenters. The lowest BCUT2D eigenvalue weighted by Crippen LogP contribution is -2.25. The van der Waals surface area contributed by atoms with Crippen LogP contribution < -0.4 is 4.74 Å². The summed E-state index contributed by atoms with van der Waals surface area (Å²) < 4.78 is 35.4. The van der Waals surface area contributed by atoms with Crippen molar-refractivity contribution in [2.75, 3.05) is 0 Å². The summed E-state index contributed by atoms with van der Waals surface area (Å²) in [5.41, 5.74) is -1.22. The fraction of sp³-hybridized carbons (Fsp3) is 0.333. The molecule has 0 amide bonds. The average molecular weight is 215 g/mol. The first kappa shape index (κ1) is 11.0. The highest BCUT2D eigenvalue weighted by Gasteiger charge is 2.22. The number of ether oxygens (including phenoxy) is 1. The molecule has 1 aromatic carbocycles. The molecule has 0 fully saturated rings. The van der Waals surface area contributed by atoms with Crippen molar-refractivity contribution < 1.29 is 17.7 Å². The van der Waals surface area contributed by atoms with Crippen molar-refractivity contribution in [3.8, 4) is 5.75 Å². The van der Waals surface area contributed by atoms with Crippen LogP contribution in [0.2, 0.25) is 0 Å². The van der Waals surface area contributed by atoms with E-state index in [1.54, 1.807) is 31.2 Å². The summed E-state index contributed by atoms with van der Waals surface area (Å²) in [6, 6.07) is 9.32. The van der Waals surface area contributed by atoms with Gasteiger partial charge in [0, 0.05) is 6.07 Å². The molecular weight excluding hydrogens is 204 g/mol. The van der Waals surface area contributed by atoms with E-state index in [9.17, 15) is 8.42 Å². The van der Waals surface area contributed by atoms with Crippen LogP contribution in [0.4, 0.5) is 0 Å². The maximum atomic E-state index is 10.8. The van der Waals surface area contributed by atoms with E-state index in [4.69, 9.17) is 9.29 Å². The van der Waals surface area contributed by atoms with Gasteiger partial charge in [0.05, 0.1) is 0 Å². The van der Waals surface area contributed by atoms with Crippen LogP contribution in [-0.2, 0) is 10.1 Å². The second-order valence-corrected chi connectivity index (χ2v) is 4.25. The third kappa shape index (κ3) is 3.01. The molecule has 1 aromatic rings. The van der Waals surface area contributed by atoms with E-state index in [1.807, 2.05) is 0 Å². The van der Waals surface area contributed by atoms with Crippen molar-refractivity contribution in [3.05, 3.63) is 30.3 Å². The second-order valence-electron chi connectivity index (χ2n) is 2.70. The lowest BCUT2D eigenvalue weighted by molar-refractivity contribution is 0.252. The monoisotopic (exact) mass is 215 g/mol. The zero-order chi connectivity index (χ0) is 10.6. The maximum Gasteiger partial charge on any atom is 0.303 e. The van der Waals surface area contributed by atoms with Crippen molar-refractivity contribution in [1.29, 1.82) is 0 Å². The minimum Gasteiger partial charge on any atom is -0.471 e. The Balaban J connectivity index is 2.77. The van der Waals surface area contributed by atoms with Gasteiger partial charge < -0.3 is 4.74 Å². The second kappa shape index (κ2) is 4.43. The van der Waals surface area contributed by atoms with Crippen LogP contribution in [0.3, 0.4) is 0 Å². The molecule has 0 saturated heterocycles. The third-order valence-electron chi connectivity index (χ3n) is 1.60. The minimum atomic E-state index is -4.16. The van der Waals surface area contributed by atoms with Gasteiger partial charge in [-0.25, -0.2) is 0 Å². The fourth-order valence-corrected chi connectivity index (χ4v) is 1.59. The highest BCUT2D eigenvalue weighted by Crippen LogP contribution is 2.14. The highest BCUT2D eigenvalue weighted by atomic mass is 32.2. The zero-order valence-electron chi connectivity index (χ0n) is 7.67. The van der Waals surface area contributed by atoms with Crippen LogP contribution in [-0.4, -0.2) is 18.4 Å². The smallest absolute Gasteiger partial charge is 0.303 e. The third-order valence-corrected chi connectivity index (χ3v) is 2.70. The first-order valence-electron chi connectivity index (χ1n) is 4.13. The van der Waals surface area contributed by atoms with Crippen molar-refractivity contribution in [2.45, 2.75) is 18.8 Å². The molecule has 5 heteroatoms. The van der Waals surface area contributed by atoms with Gasteiger partial charge in [0.15, 0.2) is 0 Å². The summed E-state index contributed by atoms with van der Waals surface area (Å²) in [5.74, 6) is 0.303. The van der Waals surface area contributed by atoms with Gasteiger partial charge in [0.1, 0.15) is 5.75 Å². The summed E-state index contributed by atoms with van der Waals surface area (Å²) in [4.78, 5) is 0. The van der Waals surface area contributed by atoms with E-state index in [-0.39, 0.29) is 6.42 Å². The summed E-state index contributed by atoms with van der Waals surface area (Å²) in [5, 5.41) is 0. The summed E-state index contributed by atoms with van der Waals surface area (Å²) in [6.07, 6.45) is 0.182. The molecule has 1 rings (SSSR count). The van der Waals surface area contributed by atoms with E-state index in [0.717, 1.165) is 0 Å². The van der Waals surface area contributed by atoms with Gasteiger partial charge in [-0.2, -0.15) is 8.42 Å². The predicted molar refractivity (Wildman–Crippen MR) is 51.5 cm³/mol. The normalized spacial score (nSPS) is 13.6. The molecule has 0 spiro atoms. The molecule has 1 unspecified atom stereocenters. The van der Waals surface area contributed by atoms with E-state index in [0.29, 0.717) is 5.75 Å². The van der Waals surface area contributed by atoms with Crippen LogP contribution in [0.25, 0.3) is 0 Å². The molecule has 0 aromatic heterocycles. The van der Waals surface area contributed by atoms with Gasteiger partial charge in [-0.15, -0.1) is 0 Å². The van der Waals surface area contributed by atoms with Crippen molar-refractivity contribution >= 4 is 10.1 Å². The topological polar surface area (TPSA) is 63.6 Å². The summed E-state index contributed by atoms with van der Waals surface area (Å²) in [7, 11) is -4.16. The van der Waals surface area contributed by atoms with E-state index in [1.165, 1.54) is 0 Å². The van der Waals surface area contributed by atoms with E-state index < -0.39 is 15.6 Å². The van der Waals surface area contributed by atoms with Crippen LogP contribution in [0.5, 0.6) is 5.75 Å². The fourth-order valence-electron chi connectivity index (χ4n) is 0.947. The number of hydrogen-bond acceptors (Lipinski definition) is 3. The molecule has 0 heterocycles.